The lowest BCUT2D eigenvalue weighted by Crippen LogP contribution is -2.42. The van der Waals surface area contributed by atoms with E-state index in [1.54, 1.807) is 38.2 Å². The highest BCUT2D eigenvalue weighted by atomic mass is 19.1. The van der Waals surface area contributed by atoms with Gasteiger partial charge in [0.2, 0.25) is 0 Å². The van der Waals surface area contributed by atoms with Crippen molar-refractivity contribution < 1.29 is 9.18 Å². The van der Waals surface area contributed by atoms with E-state index in [0.717, 1.165) is 17.5 Å². The van der Waals surface area contributed by atoms with Crippen LogP contribution in [0.4, 0.5) is 4.39 Å². The topological polar surface area (TPSA) is 60.0 Å². The van der Waals surface area contributed by atoms with E-state index < -0.39 is 0 Å². The largest absolute Gasteiger partial charge is 0.356 e. The average molecular weight is 414 g/mol. The second-order valence-corrected chi connectivity index (χ2v) is 7.56. The first-order valence-electron chi connectivity index (χ1n) is 9.98. The predicted octanol–water partition coefficient (Wildman–Crippen LogP) is 2.54. The van der Waals surface area contributed by atoms with Crippen molar-refractivity contribution >= 4 is 11.9 Å². The molecule has 2 aromatic carbocycles. The SMILES string of the molecule is CN=C(NCCc1cccc(C(=O)N(C)C)c1)NCC(c1cccc(F)c1)N(C)C. The zero-order valence-corrected chi connectivity index (χ0v) is 18.4. The molecule has 0 aliphatic rings. The number of rotatable bonds is 8. The van der Waals surface area contributed by atoms with Gasteiger partial charge in [0, 0.05) is 39.8 Å². The molecule has 1 atom stereocenters. The summed E-state index contributed by atoms with van der Waals surface area (Å²) in [6.45, 7) is 1.26. The normalized spacial score (nSPS) is 12.6. The number of nitrogens with zero attached hydrogens (tertiary/aromatic N) is 3. The third-order valence-electron chi connectivity index (χ3n) is 4.83. The molecule has 30 heavy (non-hydrogen) atoms. The van der Waals surface area contributed by atoms with Gasteiger partial charge in [-0.05, 0) is 55.9 Å². The molecule has 1 amide bonds. The number of benzene rings is 2. The number of carbonyl (C=O) groups excluding carboxylic acids is 1. The molecule has 0 saturated heterocycles. The van der Waals surface area contributed by atoms with Gasteiger partial charge in [-0.15, -0.1) is 0 Å². The molecule has 0 aromatic heterocycles. The maximum atomic E-state index is 13.6. The summed E-state index contributed by atoms with van der Waals surface area (Å²) in [5.41, 5.74) is 2.67. The van der Waals surface area contributed by atoms with Gasteiger partial charge in [0.25, 0.3) is 5.91 Å². The van der Waals surface area contributed by atoms with Crippen LogP contribution in [-0.4, -0.2) is 70.0 Å². The fourth-order valence-corrected chi connectivity index (χ4v) is 3.17. The fourth-order valence-electron chi connectivity index (χ4n) is 3.17. The predicted molar refractivity (Wildman–Crippen MR) is 120 cm³/mol. The Kier molecular flexibility index (Phi) is 8.80. The van der Waals surface area contributed by atoms with Crippen LogP contribution in [0, 0.1) is 5.82 Å². The van der Waals surface area contributed by atoms with Gasteiger partial charge in [-0.3, -0.25) is 9.79 Å². The minimum absolute atomic E-state index is 0.00522. The Morgan fingerprint density at radius 1 is 1.07 bits per heavy atom. The monoisotopic (exact) mass is 413 g/mol. The Morgan fingerprint density at radius 2 is 1.80 bits per heavy atom. The second-order valence-electron chi connectivity index (χ2n) is 7.56. The molecule has 0 bridgehead atoms. The van der Waals surface area contributed by atoms with E-state index in [-0.39, 0.29) is 17.8 Å². The van der Waals surface area contributed by atoms with E-state index in [1.807, 2.05) is 49.3 Å². The van der Waals surface area contributed by atoms with Crippen LogP contribution in [0.3, 0.4) is 0 Å². The molecule has 6 nitrogen and oxygen atoms in total. The average Bonchev–Trinajstić information content (AvgIpc) is 2.72. The van der Waals surface area contributed by atoms with E-state index in [4.69, 9.17) is 0 Å². The van der Waals surface area contributed by atoms with Crippen molar-refractivity contribution in [3.8, 4) is 0 Å². The molecule has 0 radical (unpaired) electrons. The van der Waals surface area contributed by atoms with E-state index >= 15 is 0 Å². The van der Waals surface area contributed by atoms with E-state index in [1.165, 1.54) is 6.07 Å². The minimum atomic E-state index is -0.239. The number of carbonyl (C=O) groups is 1. The van der Waals surface area contributed by atoms with Gasteiger partial charge in [-0.25, -0.2) is 4.39 Å². The van der Waals surface area contributed by atoms with Gasteiger partial charge in [0.15, 0.2) is 5.96 Å². The number of halogens is 1. The third kappa shape index (κ3) is 6.84. The maximum absolute atomic E-state index is 13.6. The standard InChI is InChI=1S/C23H32FN5O/c1-25-23(27-16-21(28(2)3)18-9-7-11-20(24)15-18)26-13-12-17-8-6-10-19(14-17)22(30)29(4)5/h6-11,14-15,21H,12-13,16H2,1-5H3,(H2,25,26,27). The Labute approximate surface area is 178 Å². The lowest BCUT2D eigenvalue weighted by atomic mass is 10.1. The van der Waals surface area contributed by atoms with Crippen molar-refractivity contribution in [1.29, 1.82) is 0 Å². The fraction of sp³-hybridized carbons (Fsp3) is 0.391. The van der Waals surface area contributed by atoms with Crippen LogP contribution >= 0.6 is 0 Å². The molecule has 1 unspecified atom stereocenters. The Balaban J connectivity index is 1.90. The summed E-state index contributed by atoms with van der Waals surface area (Å²) in [6.07, 6.45) is 0.760. The molecular formula is C23H32FN5O. The van der Waals surface area contributed by atoms with Gasteiger partial charge in [0.05, 0.1) is 6.04 Å². The molecule has 2 rings (SSSR count). The lowest BCUT2D eigenvalue weighted by molar-refractivity contribution is 0.0827. The summed E-state index contributed by atoms with van der Waals surface area (Å²) in [5.74, 6) is 0.435. The highest BCUT2D eigenvalue weighted by Crippen LogP contribution is 2.18. The molecular weight excluding hydrogens is 381 g/mol. The van der Waals surface area contributed by atoms with Crippen molar-refractivity contribution in [1.82, 2.24) is 20.4 Å². The number of aliphatic imine (C=N–C) groups is 1. The van der Waals surface area contributed by atoms with Gasteiger partial charge in [-0.1, -0.05) is 24.3 Å². The minimum Gasteiger partial charge on any atom is -0.356 e. The zero-order chi connectivity index (χ0) is 22.1. The van der Waals surface area contributed by atoms with Crippen molar-refractivity contribution in [2.45, 2.75) is 12.5 Å². The number of guanidine groups is 1. The van der Waals surface area contributed by atoms with Crippen LogP contribution in [-0.2, 0) is 6.42 Å². The number of hydrogen-bond acceptors (Lipinski definition) is 3. The van der Waals surface area contributed by atoms with Crippen LogP contribution in [0.1, 0.15) is 27.5 Å². The highest BCUT2D eigenvalue weighted by molar-refractivity contribution is 5.94. The maximum Gasteiger partial charge on any atom is 0.253 e. The van der Waals surface area contributed by atoms with Gasteiger partial charge in [0.1, 0.15) is 5.82 Å². The molecule has 0 saturated carbocycles. The number of likely N-dealkylation sites (N-methyl/N-ethyl adjacent to an activating group) is 1. The second kappa shape index (κ2) is 11.3. The smallest absolute Gasteiger partial charge is 0.253 e. The molecule has 0 spiro atoms. The summed E-state index contributed by atoms with van der Waals surface area (Å²) >= 11 is 0. The van der Waals surface area contributed by atoms with Gasteiger partial charge in [-0.2, -0.15) is 0 Å². The van der Waals surface area contributed by atoms with Crippen LogP contribution in [0.25, 0.3) is 0 Å². The number of hydrogen-bond donors (Lipinski definition) is 2. The third-order valence-corrected chi connectivity index (χ3v) is 4.83. The van der Waals surface area contributed by atoms with Gasteiger partial charge < -0.3 is 20.4 Å². The Hall–Kier alpha value is -2.93. The van der Waals surface area contributed by atoms with E-state index in [9.17, 15) is 9.18 Å². The first-order valence-corrected chi connectivity index (χ1v) is 9.98. The van der Waals surface area contributed by atoms with Crippen LogP contribution in [0.2, 0.25) is 0 Å². The quantitative estimate of drug-likeness (QED) is 0.516. The van der Waals surface area contributed by atoms with Crippen LogP contribution < -0.4 is 10.6 Å². The molecule has 2 N–H and O–H groups in total. The van der Waals surface area contributed by atoms with Crippen molar-refractivity contribution in [3.63, 3.8) is 0 Å². The number of amides is 1. The molecule has 162 valence electrons. The van der Waals surface area contributed by atoms with Crippen LogP contribution in [0.5, 0.6) is 0 Å². The molecule has 0 aliphatic heterocycles. The lowest BCUT2D eigenvalue weighted by Gasteiger charge is -2.26. The molecule has 7 heteroatoms. The highest BCUT2D eigenvalue weighted by Gasteiger charge is 2.15. The van der Waals surface area contributed by atoms with E-state index in [0.29, 0.717) is 24.6 Å². The van der Waals surface area contributed by atoms with Gasteiger partial charge >= 0.3 is 0 Å². The van der Waals surface area contributed by atoms with E-state index in [2.05, 4.69) is 15.6 Å². The first-order chi connectivity index (χ1) is 14.3. The molecule has 0 heterocycles. The summed E-state index contributed by atoms with van der Waals surface area (Å²) in [4.78, 5) is 20.0. The molecule has 0 fully saturated rings. The van der Waals surface area contributed by atoms with Crippen molar-refractivity contribution in [2.75, 3.05) is 48.3 Å². The first kappa shape index (κ1) is 23.3. The summed E-state index contributed by atoms with van der Waals surface area (Å²) < 4.78 is 13.6. The molecule has 0 aliphatic carbocycles. The Morgan fingerprint density at radius 3 is 2.43 bits per heavy atom. The van der Waals surface area contributed by atoms with Crippen LogP contribution in [0.15, 0.2) is 53.5 Å². The summed E-state index contributed by atoms with van der Waals surface area (Å²) in [7, 11) is 9.15. The summed E-state index contributed by atoms with van der Waals surface area (Å²) in [5, 5.41) is 6.61. The van der Waals surface area contributed by atoms with Crippen molar-refractivity contribution in [3.05, 3.63) is 71.0 Å². The summed E-state index contributed by atoms with van der Waals surface area (Å²) in [6, 6.07) is 14.3. The molecule has 2 aromatic rings. The van der Waals surface area contributed by atoms with Crippen molar-refractivity contribution in [2.24, 2.45) is 4.99 Å². The Bertz CT molecular complexity index is 866. The number of nitrogens with one attached hydrogen (secondary N) is 2. The zero-order valence-electron chi connectivity index (χ0n) is 18.4.